The maximum absolute atomic E-state index is 11.0. The van der Waals surface area contributed by atoms with E-state index in [1.165, 1.54) is 12.1 Å². The summed E-state index contributed by atoms with van der Waals surface area (Å²) < 4.78 is 5.28. The number of ether oxygens (including phenoxy) is 1. The molecule has 1 fully saturated rings. The molecule has 8 heteroatoms. The maximum atomic E-state index is 11.0. The van der Waals surface area contributed by atoms with E-state index in [1.807, 2.05) is 0 Å². The van der Waals surface area contributed by atoms with Crippen molar-refractivity contribution in [3.8, 4) is 0 Å². The van der Waals surface area contributed by atoms with Gasteiger partial charge in [0.2, 0.25) is 0 Å². The molecule has 0 aromatic heterocycles. The summed E-state index contributed by atoms with van der Waals surface area (Å²) in [6.07, 6.45) is 0.886. The van der Waals surface area contributed by atoms with E-state index in [0.717, 1.165) is 39.3 Å². The van der Waals surface area contributed by atoms with Gasteiger partial charge in [0.1, 0.15) is 5.69 Å². The molecule has 0 bridgehead atoms. The summed E-state index contributed by atoms with van der Waals surface area (Å²) in [6, 6.07) is 2.77. The van der Waals surface area contributed by atoms with Crippen molar-refractivity contribution in [2.45, 2.75) is 6.42 Å². The van der Waals surface area contributed by atoms with Crippen LogP contribution in [0, 0.1) is 10.1 Å². The van der Waals surface area contributed by atoms with Gasteiger partial charge in [-0.2, -0.15) is 0 Å². The number of anilines is 1. The van der Waals surface area contributed by atoms with Gasteiger partial charge in [-0.3, -0.25) is 15.0 Å². The number of morpholine rings is 1. The summed E-state index contributed by atoms with van der Waals surface area (Å²) in [5, 5.41) is 14.6. The number of nitrogens with one attached hydrogen (secondary N) is 1. The predicted molar refractivity (Wildman–Crippen MR) is 83.5 cm³/mol. The van der Waals surface area contributed by atoms with Gasteiger partial charge in [-0.15, -0.1) is 0 Å². The second kappa shape index (κ2) is 7.79. The summed E-state index contributed by atoms with van der Waals surface area (Å²) in [7, 11) is 0. The number of nitro groups is 1. The third kappa shape index (κ3) is 4.71. The van der Waals surface area contributed by atoms with Crippen LogP contribution in [-0.4, -0.2) is 49.2 Å². The van der Waals surface area contributed by atoms with Crippen LogP contribution in [0.25, 0.3) is 0 Å². The molecule has 116 valence electrons. The average Bonchev–Trinajstić information content (AvgIpc) is 2.47. The van der Waals surface area contributed by atoms with Crippen LogP contribution in [0.15, 0.2) is 12.1 Å². The van der Waals surface area contributed by atoms with Crippen molar-refractivity contribution in [2.75, 3.05) is 44.7 Å². The van der Waals surface area contributed by atoms with Gasteiger partial charge in [0.25, 0.3) is 5.69 Å². The number of halogens is 2. The molecule has 0 radical (unpaired) electrons. The lowest BCUT2D eigenvalue weighted by Gasteiger charge is -2.26. The standard InChI is InChI=1S/C13H17Cl2N3O3/c14-10-8-12(13(18(19)20)9-11(10)15)16-2-1-3-17-4-6-21-7-5-17/h8-9,16H,1-7H2. The van der Waals surface area contributed by atoms with Gasteiger partial charge >= 0.3 is 0 Å². The summed E-state index contributed by atoms with van der Waals surface area (Å²) in [6.45, 7) is 4.98. The van der Waals surface area contributed by atoms with E-state index < -0.39 is 4.92 Å². The van der Waals surface area contributed by atoms with Crippen molar-refractivity contribution >= 4 is 34.6 Å². The average molecular weight is 334 g/mol. The molecule has 1 aromatic rings. The first-order chi connectivity index (χ1) is 10.1. The normalized spacial score (nSPS) is 15.9. The van der Waals surface area contributed by atoms with Crippen molar-refractivity contribution in [1.82, 2.24) is 4.90 Å². The monoisotopic (exact) mass is 333 g/mol. The SMILES string of the molecule is O=[N+]([O-])c1cc(Cl)c(Cl)cc1NCCCN1CCOCC1. The minimum Gasteiger partial charge on any atom is -0.379 e. The maximum Gasteiger partial charge on any atom is 0.293 e. The highest BCUT2D eigenvalue weighted by molar-refractivity contribution is 6.42. The number of hydrogen-bond acceptors (Lipinski definition) is 5. The molecule has 0 saturated carbocycles. The van der Waals surface area contributed by atoms with Crippen LogP contribution in [-0.2, 0) is 4.74 Å². The molecule has 1 aliphatic rings. The van der Waals surface area contributed by atoms with Gasteiger partial charge in [-0.25, -0.2) is 0 Å². The lowest BCUT2D eigenvalue weighted by Crippen LogP contribution is -2.37. The van der Waals surface area contributed by atoms with Crippen molar-refractivity contribution in [1.29, 1.82) is 0 Å². The van der Waals surface area contributed by atoms with Crippen molar-refractivity contribution < 1.29 is 9.66 Å². The molecule has 1 heterocycles. The summed E-state index contributed by atoms with van der Waals surface area (Å²) in [5.41, 5.74) is 0.340. The van der Waals surface area contributed by atoms with Crippen LogP contribution >= 0.6 is 23.2 Å². The fourth-order valence-corrected chi connectivity index (χ4v) is 2.50. The second-order valence-corrected chi connectivity index (χ2v) is 5.59. The van der Waals surface area contributed by atoms with E-state index in [0.29, 0.717) is 17.3 Å². The first kappa shape index (κ1) is 16.3. The molecule has 1 saturated heterocycles. The van der Waals surface area contributed by atoms with Gasteiger partial charge < -0.3 is 10.1 Å². The van der Waals surface area contributed by atoms with Crippen molar-refractivity contribution in [2.24, 2.45) is 0 Å². The summed E-state index contributed by atoms with van der Waals surface area (Å²) >= 11 is 11.7. The largest absolute Gasteiger partial charge is 0.379 e. The molecular weight excluding hydrogens is 317 g/mol. The molecule has 0 spiro atoms. The third-order valence-corrected chi connectivity index (χ3v) is 4.03. The van der Waals surface area contributed by atoms with Gasteiger partial charge in [0.05, 0.1) is 28.2 Å². The molecule has 2 rings (SSSR count). The fourth-order valence-electron chi connectivity index (χ4n) is 2.18. The Balaban J connectivity index is 1.87. The number of rotatable bonds is 6. The first-order valence-electron chi connectivity index (χ1n) is 6.75. The van der Waals surface area contributed by atoms with Crippen LogP contribution in [0.1, 0.15) is 6.42 Å². The number of nitro benzene ring substituents is 1. The van der Waals surface area contributed by atoms with Crippen LogP contribution in [0.5, 0.6) is 0 Å². The Morgan fingerprint density at radius 3 is 2.62 bits per heavy atom. The Bertz CT molecular complexity index is 508. The third-order valence-electron chi connectivity index (χ3n) is 3.31. The molecule has 1 aliphatic heterocycles. The second-order valence-electron chi connectivity index (χ2n) is 4.77. The zero-order valence-corrected chi connectivity index (χ0v) is 13.0. The Labute approximate surface area is 133 Å². The van der Waals surface area contributed by atoms with E-state index in [9.17, 15) is 10.1 Å². The Morgan fingerprint density at radius 2 is 1.95 bits per heavy atom. The first-order valence-corrected chi connectivity index (χ1v) is 7.51. The Morgan fingerprint density at radius 1 is 1.29 bits per heavy atom. The highest BCUT2D eigenvalue weighted by Gasteiger charge is 2.17. The lowest BCUT2D eigenvalue weighted by atomic mass is 10.2. The summed E-state index contributed by atoms with van der Waals surface area (Å²) in [5.74, 6) is 0. The number of nitrogens with zero attached hydrogens (tertiary/aromatic N) is 2. The van der Waals surface area contributed by atoms with E-state index >= 15 is 0 Å². The molecule has 21 heavy (non-hydrogen) atoms. The highest BCUT2D eigenvalue weighted by Crippen LogP contribution is 2.33. The van der Waals surface area contributed by atoms with Gasteiger partial charge in [-0.1, -0.05) is 23.2 Å². The van der Waals surface area contributed by atoms with Crippen LogP contribution in [0.2, 0.25) is 10.0 Å². The van der Waals surface area contributed by atoms with Crippen molar-refractivity contribution in [3.63, 3.8) is 0 Å². The molecule has 0 amide bonds. The smallest absolute Gasteiger partial charge is 0.293 e. The summed E-state index contributed by atoms with van der Waals surface area (Å²) in [4.78, 5) is 12.9. The number of benzene rings is 1. The van der Waals surface area contributed by atoms with Gasteiger partial charge in [0.15, 0.2) is 0 Å². The van der Waals surface area contributed by atoms with Gasteiger partial charge in [-0.05, 0) is 19.0 Å². The lowest BCUT2D eigenvalue weighted by molar-refractivity contribution is -0.383. The van der Waals surface area contributed by atoms with E-state index in [2.05, 4.69) is 10.2 Å². The molecular formula is C13H17Cl2N3O3. The van der Waals surface area contributed by atoms with E-state index in [4.69, 9.17) is 27.9 Å². The van der Waals surface area contributed by atoms with Crippen LogP contribution < -0.4 is 5.32 Å². The molecule has 0 atom stereocenters. The molecule has 6 nitrogen and oxygen atoms in total. The highest BCUT2D eigenvalue weighted by atomic mass is 35.5. The Kier molecular flexibility index (Phi) is 6.05. The zero-order chi connectivity index (χ0) is 15.2. The fraction of sp³-hybridized carbons (Fsp3) is 0.538. The van der Waals surface area contributed by atoms with E-state index in [-0.39, 0.29) is 10.7 Å². The zero-order valence-electron chi connectivity index (χ0n) is 11.5. The van der Waals surface area contributed by atoms with Crippen LogP contribution in [0.3, 0.4) is 0 Å². The van der Waals surface area contributed by atoms with Crippen molar-refractivity contribution in [3.05, 3.63) is 32.3 Å². The molecule has 0 aliphatic carbocycles. The number of hydrogen-bond donors (Lipinski definition) is 1. The van der Waals surface area contributed by atoms with Gasteiger partial charge in [0, 0.05) is 25.7 Å². The Hall–Kier alpha value is -1.08. The van der Waals surface area contributed by atoms with Crippen LogP contribution in [0.4, 0.5) is 11.4 Å². The minimum absolute atomic E-state index is 0.0595. The topological polar surface area (TPSA) is 67.6 Å². The molecule has 0 unspecified atom stereocenters. The molecule has 1 N–H and O–H groups in total. The molecule has 1 aromatic carbocycles. The van der Waals surface area contributed by atoms with E-state index in [1.54, 1.807) is 0 Å². The minimum atomic E-state index is -0.466. The quantitative estimate of drug-likeness (QED) is 0.492. The predicted octanol–water partition coefficient (Wildman–Crippen LogP) is 3.04.